The Hall–Kier alpha value is -1.31. The summed E-state index contributed by atoms with van der Waals surface area (Å²) in [7, 11) is 0. The van der Waals surface area contributed by atoms with Crippen molar-refractivity contribution in [1.82, 2.24) is 4.90 Å². The zero-order valence-corrected chi connectivity index (χ0v) is 9.00. The molecule has 0 aliphatic carbocycles. The van der Waals surface area contributed by atoms with Crippen LogP contribution in [0.3, 0.4) is 0 Å². The van der Waals surface area contributed by atoms with Crippen LogP contribution in [-0.2, 0) is 14.3 Å². The number of rotatable bonds is 4. The first kappa shape index (κ1) is 13.8. The topological polar surface area (TPSA) is 72.6 Å². The summed E-state index contributed by atoms with van der Waals surface area (Å²) < 4.78 is 41.5. The van der Waals surface area contributed by atoms with Crippen LogP contribution < -0.4 is 5.73 Å². The molecule has 1 heterocycles. The Balaban J connectivity index is 2.49. The molecule has 1 saturated heterocycles. The van der Waals surface area contributed by atoms with Crippen LogP contribution in [0.2, 0.25) is 0 Å². The molecule has 1 unspecified atom stereocenters. The fourth-order valence-corrected chi connectivity index (χ4v) is 1.73. The molecular weight excluding hydrogens is 241 g/mol. The smallest absolute Gasteiger partial charge is 0.370 e. The Labute approximate surface area is 95.7 Å². The van der Waals surface area contributed by atoms with Crippen molar-refractivity contribution >= 4 is 11.8 Å². The van der Waals surface area contributed by atoms with Crippen LogP contribution in [-0.4, -0.2) is 48.7 Å². The van der Waals surface area contributed by atoms with Gasteiger partial charge in [0.2, 0.25) is 5.91 Å². The fourth-order valence-electron chi connectivity index (χ4n) is 1.73. The molecule has 17 heavy (non-hydrogen) atoms. The van der Waals surface area contributed by atoms with Crippen LogP contribution in [0.25, 0.3) is 0 Å². The predicted molar refractivity (Wildman–Crippen MR) is 50.8 cm³/mol. The zero-order chi connectivity index (χ0) is 13.1. The van der Waals surface area contributed by atoms with Gasteiger partial charge >= 0.3 is 12.1 Å². The summed E-state index contributed by atoms with van der Waals surface area (Å²) in [5.74, 6) is -2.56. The van der Waals surface area contributed by atoms with Gasteiger partial charge in [0.15, 0.2) is 0 Å². The van der Waals surface area contributed by atoms with Crippen molar-refractivity contribution in [2.75, 3.05) is 19.8 Å². The minimum absolute atomic E-state index is 0.0585. The second-order valence-electron chi connectivity index (χ2n) is 3.77. The van der Waals surface area contributed by atoms with Gasteiger partial charge in [0.1, 0.15) is 6.61 Å². The molecule has 0 aromatic carbocycles. The molecule has 1 aliphatic heterocycles. The maximum atomic E-state index is 12.2. The molecule has 0 radical (unpaired) electrons. The van der Waals surface area contributed by atoms with Crippen LogP contribution in [0.15, 0.2) is 0 Å². The van der Waals surface area contributed by atoms with Crippen molar-refractivity contribution in [3.8, 4) is 0 Å². The number of ether oxygens (including phenoxy) is 1. The number of primary amides is 1. The number of carbonyl (C=O) groups is 2. The number of hydrogen-bond donors (Lipinski definition) is 1. The highest BCUT2D eigenvalue weighted by atomic mass is 19.4. The van der Waals surface area contributed by atoms with Gasteiger partial charge in [0.05, 0.1) is 12.6 Å². The van der Waals surface area contributed by atoms with Gasteiger partial charge < -0.3 is 15.4 Å². The second kappa shape index (κ2) is 5.35. The molecule has 0 saturated carbocycles. The van der Waals surface area contributed by atoms with Crippen LogP contribution in [0, 0.1) is 0 Å². The second-order valence-corrected chi connectivity index (χ2v) is 3.77. The van der Waals surface area contributed by atoms with E-state index in [0.717, 1.165) is 4.90 Å². The molecule has 1 aliphatic rings. The molecule has 0 aromatic heterocycles. The van der Waals surface area contributed by atoms with Gasteiger partial charge in [-0.3, -0.25) is 9.59 Å². The van der Waals surface area contributed by atoms with Gasteiger partial charge in [-0.15, -0.1) is 0 Å². The van der Waals surface area contributed by atoms with Crippen LogP contribution in [0.1, 0.15) is 12.8 Å². The highest BCUT2D eigenvalue weighted by molar-refractivity contribution is 5.82. The number of nitrogens with two attached hydrogens (primary N) is 1. The van der Waals surface area contributed by atoms with Crippen LogP contribution in [0.4, 0.5) is 13.2 Å². The SMILES string of the molecule is NC(=O)COCC1CCCN1C(=O)C(F)(F)F. The van der Waals surface area contributed by atoms with E-state index < -0.39 is 24.0 Å². The van der Waals surface area contributed by atoms with Gasteiger partial charge in [-0.25, -0.2) is 0 Å². The van der Waals surface area contributed by atoms with E-state index in [2.05, 4.69) is 0 Å². The van der Waals surface area contributed by atoms with Crippen molar-refractivity contribution in [3.05, 3.63) is 0 Å². The lowest BCUT2D eigenvalue weighted by Crippen LogP contribution is -2.45. The third-order valence-corrected chi connectivity index (χ3v) is 2.44. The number of alkyl halides is 3. The molecule has 1 atom stereocenters. The molecule has 5 nitrogen and oxygen atoms in total. The van der Waals surface area contributed by atoms with Crippen LogP contribution in [0.5, 0.6) is 0 Å². The van der Waals surface area contributed by atoms with E-state index in [0.29, 0.717) is 12.8 Å². The van der Waals surface area contributed by atoms with Gasteiger partial charge in [0.25, 0.3) is 0 Å². The maximum absolute atomic E-state index is 12.2. The fraction of sp³-hybridized carbons (Fsp3) is 0.778. The lowest BCUT2D eigenvalue weighted by atomic mass is 10.2. The molecule has 0 aromatic rings. The van der Waals surface area contributed by atoms with Gasteiger partial charge in [-0.2, -0.15) is 13.2 Å². The average Bonchev–Trinajstić information content (AvgIpc) is 2.62. The van der Waals surface area contributed by atoms with Gasteiger partial charge in [0, 0.05) is 6.54 Å². The molecule has 8 heteroatoms. The lowest BCUT2D eigenvalue weighted by molar-refractivity contribution is -0.187. The number of carbonyl (C=O) groups excluding carboxylic acids is 2. The minimum atomic E-state index is -4.87. The van der Waals surface area contributed by atoms with Gasteiger partial charge in [-0.1, -0.05) is 0 Å². The number of hydrogen-bond acceptors (Lipinski definition) is 3. The van der Waals surface area contributed by atoms with Crippen molar-refractivity contribution in [3.63, 3.8) is 0 Å². The summed E-state index contributed by atoms with van der Waals surface area (Å²) in [6.45, 7) is -0.405. The highest BCUT2D eigenvalue weighted by Crippen LogP contribution is 2.25. The standard InChI is InChI=1S/C9H13F3N2O3/c10-9(11,12)8(16)14-3-1-2-6(14)4-17-5-7(13)15/h6H,1-5H2,(H2,13,15). The first-order chi connectivity index (χ1) is 7.82. The summed E-state index contributed by atoms with van der Waals surface area (Å²) in [4.78, 5) is 22.1. The third kappa shape index (κ3) is 3.88. The van der Waals surface area contributed by atoms with E-state index in [-0.39, 0.29) is 19.8 Å². The Morgan fingerprint density at radius 3 is 2.59 bits per heavy atom. The molecule has 98 valence electrons. The quantitative estimate of drug-likeness (QED) is 0.770. The molecule has 2 N–H and O–H groups in total. The zero-order valence-electron chi connectivity index (χ0n) is 9.00. The number of nitrogens with zero attached hydrogens (tertiary/aromatic N) is 1. The molecule has 2 amide bonds. The predicted octanol–water partition coefficient (Wildman–Crippen LogP) is 0.0416. The van der Waals surface area contributed by atoms with Crippen molar-refractivity contribution in [2.45, 2.75) is 25.1 Å². The Morgan fingerprint density at radius 2 is 2.06 bits per heavy atom. The summed E-state index contributed by atoms with van der Waals surface area (Å²) >= 11 is 0. The van der Waals surface area contributed by atoms with Crippen molar-refractivity contribution < 1.29 is 27.5 Å². The summed E-state index contributed by atoms with van der Waals surface area (Å²) in [5.41, 5.74) is 4.82. The number of likely N-dealkylation sites (tertiary alicyclic amines) is 1. The van der Waals surface area contributed by atoms with Crippen molar-refractivity contribution in [2.24, 2.45) is 5.73 Å². The normalized spacial score (nSPS) is 20.6. The largest absolute Gasteiger partial charge is 0.471 e. The van der Waals surface area contributed by atoms with E-state index in [9.17, 15) is 22.8 Å². The summed E-state index contributed by atoms with van der Waals surface area (Å²) in [5, 5.41) is 0. The van der Waals surface area contributed by atoms with Gasteiger partial charge in [-0.05, 0) is 12.8 Å². The minimum Gasteiger partial charge on any atom is -0.370 e. The molecular formula is C9H13F3N2O3. The molecule has 0 spiro atoms. The summed E-state index contributed by atoms with van der Waals surface area (Å²) in [6, 6.07) is -0.636. The maximum Gasteiger partial charge on any atom is 0.471 e. The van der Waals surface area contributed by atoms with Crippen molar-refractivity contribution in [1.29, 1.82) is 0 Å². The van der Waals surface area contributed by atoms with Crippen LogP contribution >= 0.6 is 0 Å². The molecule has 1 rings (SSSR count). The van der Waals surface area contributed by atoms with E-state index in [1.807, 2.05) is 0 Å². The van der Waals surface area contributed by atoms with E-state index >= 15 is 0 Å². The first-order valence-electron chi connectivity index (χ1n) is 5.06. The highest BCUT2D eigenvalue weighted by Gasteiger charge is 2.45. The average molecular weight is 254 g/mol. The van der Waals surface area contributed by atoms with E-state index in [1.54, 1.807) is 0 Å². The Bertz CT molecular complexity index is 306. The van der Waals surface area contributed by atoms with E-state index in [4.69, 9.17) is 10.5 Å². The first-order valence-corrected chi connectivity index (χ1v) is 5.06. The summed E-state index contributed by atoms with van der Waals surface area (Å²) in [6.07, 6.45) is -3.95. The lowest BCUT2D eigenvalue weighted by Gasteiger charge is -2.25. The number of halogens is 3. The Kier molecular flexibility index (Phi) is 4.33. The molecule has 1 fully saturated rings. The Morgan fingerprint density at radius 1 is 1.41 bits per heavy atom. The molecule has 0 bridgehead atoms. The third-order valence-electron chi connectivity index (χ3n) is 2.44. The monoisotopic (exact) mass is 254 g/mol. The van der Waals surface area contributed by atoms with E-state index in [1.165, 1.54) is 0 Å². The number of amides is 2.